The van der Waals surface area contributed by atoms with Crippen molar-refractivity contribution in [3.63, 3.8) is 0 Å². The molecule has 0 aliphatic carbocycles. The van der Waals surface area contributed by atoms with E-state index in [0.29, 0.717) is 6.54 Å². The number of aliphatic hydroxyl groups excluding tert-OH is 1. The van der Waals surface area contributed by atoms with Crippen LogP contribution in [-0.2, 0) is 6.54 Å². The molecule has 102 valence electrons. The highest BCUT2D eigenvalue weighted by Crippen LogP contribution is 2.37. The normalized spacial score (nSPS) is 29.9. The van der Waals surface area contributed by atoms with Gasteiger partial charge >= 0.3 is 6.09 Å². The molecule has 2 aliphatic heterocycles. The van der Waals surface area contributed by atoms with Gasteiger partial charge in [0.25, 0.3) is 0 Å². The fraction of sp³-hybridized carbons (Fsp3) is 0.500. The number of hydrogen-bond donors (Lipinski definition) is 2. The van der Waals surface area contributed by atoms with Gasteiger partial charge in [0.05, 0.1) is 6.04 Å². The van der Waals surface area contributed by atoms with E-state index in [4.69, 9.17) is 5.11 Å². The Morgan fingerprint density at radius 1 is 1.26 bits per heavy atom. The number of likely N-dealkylation sites (tertiary alicyclic amines) is 2. The van der Waals surface area contributed by atoms with Gasteiger partial charge in [-0.1, -0.05) is 30.3 Å². The van der Waals surface area contributed by atoms with Crippen LogP contribution in [0.5, 0.6) is 0 Å². The molecule has 5 nitrogen and oxygen atoms in total. The molecular formula is C14H18N2O3. The molecule has 1 unspecified atom stereocenters. The van der Waals surface area contributed by atoms with E-state index in [9.17, 15) is 9.90 Å². The molecular weight excluding hydrogens is 244 g/mol. The van der Waals surface area contributed by atoms with Crippen molar-refractivity contribution in [3.05, 3.63) is 35.9 Å². The summed E-state index contributed by atoms with van der Waals surface area (Å²) in [6.45, 7) is 2.09. The molecule has 5 heteroatoms. The summed E-state index contributed by atoms with van der Waals surface area (Å²) in [7, 11) is 0. The van der Waals surface area contributed by atoms with Crippen molar-refractivity contribution < 1.29 is 15.0 Å². The molecule has 1 aromatic rings. The molecule has 2 N–H and O–H groups in total. The highest BCUT2D eigenvalue weighted by Gasteiger charge is 2.53. The predicted molar refractivity (Wildman–Crippen MR) is 69.7 cm³/mol. The summed E-state index contributed by atoms with van der Waals surface area (Å²) in [5.74, 6) is 0.0403. The zero-order valence-corrected chi connectivity index (χ0v) is 10.6. The Balaban J connectivity index is 1.70. The summed E-state index contributed by atoms with van der Waals surface area (Å²) in [6.07, 6.45) is -0.870. The lowest BCUT2D eigenvalue weighted by atomic mass is 9.89. The van der Waals surface area contributed by atoms with E-state index in [2.05, 4.69) is 17.0 Å². The minimum atomic E-state index is -0.870. The van der Waals surface area contributed by atoms with Crippen LogP contribution in [0.2, 0.25) is 0 Å². The summed E-state index contributed by atoms with van der Waals surface area (Å²) >= 11 is 0. The van der Waals surface area contributed by atoms with Crippen LogP contribution in [0.4, 0.5) is 4.79 Å². The van der Waals surface area contributed by atoms with Gasteiger partial charge in [-0.2, -0.15) is 0 Å². The van der Waals surface area contributed by atoms with Crippen molar-refractivity contribution >= 4 is 6.09 Å². The van der Waals surface area contributed by atoms with Crippen molar-refractivity contribution in [3.8, 4) is 0 Å². The first-order valence-electron chi connectivity index (χ1n) is 6.59. The molecule has 2 heterocycles. The largest absolute Gasteiger partial charge is 0.465 e. The Kier molecular flexibility index (Phi) is 3.16. The Bertz CT molecular complexity index is 465. The van der Waals surface area contributed by atoms with Gasteiger partial charge < -0.3 is 15.1 Å². The van der Waals surface area contributed by atoms with E-state index in [-0.39, 0.29) is 24.6 Å². The molecule has 2 aliphatic rings. The molecule has 0 saturated carbocycles. The van der Waals surface area contributed by atoms with Crippen molar-refractivity contribution in [1.29, 1.82) is 0 Å². The summed E-state index contributed by atoms with van der Waals surface area (Å²) in [5.41, 5.74) is 1.23. The van der Waals surface area contributed by atoms with Crippen LogP contribution >= 0.6 is 0 Å². The van der Waals surface area contributed by atoms with Gasteiger partial charge in [0.1, 0.15) is 0 Å². The standard InChI is InChI=1S/C14H18N2O3/c17-9-11-7-16(14(18)19)12-8-15(13(11)12)6-10-4-2-1-3-5-10/h1-5,11-13,17H,6-9H2,(H,18,19)/t11?,12-,13-/m0/s1. The van der Waals surface area contributed by atoms with E-state index in [1.807, 2.05) is 18.2 Å². The number of hydrogen-bond acceptors (Lipinski definition) is 3. The molecule has 3 rings (SSSR count). The Morgan fingerprint density at radius 2 is 2.00 bits per heavy atom. The molecule has 0 radical (unpaired) electrons. The number of rotatable bonds is 3. The van der Waals surface area contributed by atoms with E-state index < -0.39 is 6.09 Å². The molecule has 19 heavy (non-hydrogen) atoms. The van der Waals surface area contributed by atoms with Gasteiger partial charge in [0, 0.05) is 38.2 Å². The first-order chi connectivity index (χ1) is 9.20. The van der Waals surface area contributed by atoms with E-state index in [1.165, 1.54) is 10.5 Å². The highest BCUT2D eigenvalue weighted by molar-refractivity contribution is 5.66. The number of carboxylic acid groups (broad SMARTS) is 1. The number of fused-ring (bicyclic) bond motifs is 1. The molecule has 2 saturated heterocycles. The smallest absolute Gasteiger partial charge is 0.407 e. The quantitative estimate of drug-likeness (QED) is 0.847. The molecule has 0 spiro atoms. The first-order valence-corrected chi connectivity index (χ1v) is 6.59. The second-order valence-corrected chi connectivity index (χ2v) is 5.35. The van der Waals surface area contributed by atoms with Gasteiger partial charge in [-0.3, -0.25) is 4.90 Å². The maximum absolute atomic E-state index is 11.1. The minimum Gasteiger partial charge on any atom is -0.465 e. The zero-order valence-electron chi connectivity index (χ0n) is 10.6. The van der Waals surface area contributed by atoms with Crippen molar-refractivity contribution in [2.24, 2.45) is 5.92 Å². The average molecular weight is 262 g/mol. The van der Waals surface area contributed by atoms with Crippen LogP contribution in [0.25, 0.3) is 0 Å². The molecule has 1 aromatic carbocycles. The number of aliphatic hydroxyl groups is 1. The molecule has 1 amide bonds. The average Bonchev–Trinajstić information content (AvgIpc) is 2.70. The molecule has 0 aromatic heterocycles. The lowest BCUT2D eigenvalue weighted by molar-refractivity contribution is -0.00106. The second kappa shape index (κ2) is 4.83. The number of amides is 1. The number of benzene rings is 1. The Labute approximate surface area is 112 Å². The highest BCUT2D eigenvalue weighted by atomic mass is 16.4. The SMILES string of the molecule is O=C(O)N1CC(CO)[C@H]2[C@@H]1CN2Cc1ccccc1. The third-order valence-electron chi connectivity index (χ3n) is 4.26. The number of nitrogens with zero attached hydrogens (tertiary/aromatic N) is 2. The third-order valence-corrected chi connectivity index (χ3v) is 4.26. The minimum absolute atomic E-state index is 0.0403. The number of carbonyl (C=O) groups is 1. The summed E-state index contributed by atoms with van der Waals surface area (Å²) in [4.78, 5) is 14.9. The van der Waals surface area contributed by atoms with E-state index in [1.54, 1.807) is 0 Å². The van der Waals surface area contributed by atoms with Crippen LogP contribution in [-0.4, -0.2) is 57.9 Å². The molecule has 2 fully saturated rings. The maximum Gasteiger partial charge on any atom is 0.407 e. The molecule has 0 bridgehead atoms. The monoisotopic (exact) mass is 262 g/mol. The first kappa shape index (κ1) is 12.4. The van der Waals surface area contributed by atoms with Gasteiger partial charge in [-0.05, 0) is 5.56 Å². The fourth-order valence-electron chi connectivity index (χ4n) is 3.34. The van der Waals surface area contributed by atoms with Gasteiger partial charge in [0.15, 0.2) is 0 Å². The topological polar surface area (TPSA) is 64.0 Å². The van der Waals surface area contributed by atoms with Crippen molar-refractivity contribution in [2.45, 2.75) is 18.6 Å². The predicted octanol–water partition coefficient (Wildman–Crippen LogP) is 0.841. The van der Waals surface area contributed by atoms with Crippen LogP contribution in [0.15, 0.2) is 30.3 Å². The van der Waals surface area contributed by atoms with Crippen LogP contribution < -0.4 is 0 Å². The Hall–Kier alpha value is -1.59. The maximum atomic E-state index is 11.1. The fourth-order valence-corrected chi connectivity index (χ4v) is 3.34. The van der Waals surface area contributed by atoms with Crippen molar-refractivity contribution in [1.82, 2.24) is 9.80 Å². The molecule has 3 atom stereocenters. The summed E-state index contributed by atoms with van der Waals surface area (Å²) in [6, 6.07) is 10.4. The van der Waals surface area contributed by atoms with Gasteiger partial charge in [-0.25, -0.2) is 4.79 Å². The van der Waals surface area contributed by atoms with Crippen LogP contribution in [0.1, 0.15) is 5.56 Å². The Morgan fingerprint density at radius 3 is 2.63 bits per heavy atom. The lowest BCUT2D eigenvalue weighted by Gasteiger charge is -2.47. The van der Waals surface area contributed by atoms with E-state index in [0.717, 1.165) is 13.1 Å². The van der Waals surface area contributed by atoms with Crippen LogP contribution in [0, 0.1) is 5.92 Å². The lowest BCUT2D eigenvalue weighted by Crippen LogP contribution is -2.63. The van der Waals surface area contributed by atoms with Gasteiger partial charge in [0.2, 0.25) is 0 Å². The van der Waals surface area contributed by atoms with Crippen molar-refractivity contribution in [2.75, 3.05) is 19.7 Å². The van der Waals surface area contributed by atoms with Gasteiger partial charge in [-0.15, -0.1) is 0 Å². The summed E-state index contributed by atoms with van der Waals surface area (Å²) < 4.78 is 0. The zero-order chi connectivity index (χ0) is 13.4. The second-order valence-electron chi connectivity index (χ2n) is 5.35. The van der Waals surface area contributed by atoms with E-state index >= 15 is 0 Å². The summed E-state index contributed by atoms with van der Waals surface area (Å²) in [5, 5.41) is 18.6. The third kappa shape index (κ3) is 2.09. The van der Waals surface area contributed by atoms with Crippen LogP contribution in [0.3, 0.4) is 0 Å².